The van der Waals surface area contributed by atoms with Crippen LogP contribution in [0.4, 0.5) is 0 Å². The molecular weight excluding hydrogens is 282 g/mol. The second-order valence-corrected chi connectivity index (χ2v) is 5.28. The van der Waals surface area contributed by atoms with Gasteiger partial charge in [0.25, 0.3) is 0 Å². The maximum atomic E-state index is 10.1. The van der Waals surface area contributed by atoms with Gasteiger partial charge in [0.2, 0.25) is 0 Å². The number of hydrogen-bond donors (Lipinski definition) is 3. The molecule has 5 heteroatoms. The van der Waals surface area contributed by atoms with Gasteiger partial charge in [-0.3, -0.25) is 0 Å². The number of β-amino-alcohol motifs (C(OH)–C–C–N with tert-alkyl or cyclic N) is 1. The highest BCUT2D eigenvalue weighted by Crippen LogP contribution is 2.37. The molecule has 0 saturated carbocycles. The minimum Gasteiger partial charge on any atom is -0.508 e. The molecular formula is C17H19NO4. The van der Waals surface area contributed by atoms with Crippen molar-refractivity contribution in [1.29, 1.82) is 0 Å². The summed E-state index contributed by atoms with van der Waals surface area (Å²) in [6.07, 6.45) is -0.626. The molecule has 0 aliphatic carbocycles. The van der Waals surface area contributed by atoms with Crippen molar-refractivity contribution < 1.29 is 19.7 Å². The summed E-state index contributed by atoms with van der Waals surface area (Å²) in [4.78, 5) is 0. The Labute approximate surface area is 129 Å². The maximum Gasteiger partial charge on any atom is 0.161 e. The molecule has 3 N–H and O–H groups in total. The van der Waals surface area contributed by atoms with Crippen LogP contribution in [0.2, 0.25) is 0 Å². The zero-order valence-corrected chi connectivity index (χ0v) is 12.5. The Kier molecular flexibility index (Phi) is 3.92. The van der Waals surface area contributed by atoms with E-state index in [1.165, 1.54) is 0 Å². The van der Waals surface area contributed by atoms with Crippen LogP contribution in [0.5, 0.6) is 17.2 Å². The Balaban J connectivity index is 2.05. The van der Waals surface area contributed by atoms with Crippen molar-refractivity contribution in [3.63, 3.8) is 0 Å². The number of phenolic OH excluding ortho intramolecular Hbond substituents is 1. The van der Waals surface area contributed by atoms with Gasteiger partial charge in [-0.15, -0.1) is 0 Å². The Morgan fingerprint density at radius 3 is 2.50 bits per heavy atom. The van der Waals surface area contributed by atoms with Gasteiger partial charge < -0.3 is 25.0 Å². The van der Waals surface area contributed by atoms with E-state index in [2.05, 4.69) is 5.32 Å². The van der Waals surface area contributed by atoms with Gasteiger partial charge in [-0.2, -0.15) is 0 Å². The summed E-state index contributed by atoms with van der Waals surface area (Å²) >= 11 is 0. The van der Waals surface area contributed by atoms with E-state index in [1.807, 2.05) is 24.3 Å². The van der Waals surface area contributed by atoms with Crippen LogP contribution in [-0.4, -0.2) is 31.0 Å². The number of benzene rings is 2. The van der Waals surface area contributed by atoms with E-state index in [0.29, 0.717) is 18.0 Å². The van der Waals surface area contributed by atoms with E-state index in [-0.39, 0.29) is 11.8 Å². The summed E-state index contributed by atoms with van der Waals surface area (Å²) in [5.41, 5.74) is 2.71. The van der Waals surface area contributed by atoms with Crippen LogP contribution in [0.3, 0.4) is 0 Å². The number of phenols is 1. The summed E-state index contributed by atoms with van der Waals surface area (Å²) in [5.74, 6) is 1.49. The lowest BCUT2D eigenvalue weighted by Gasteiger charge is -2.31. The molecule has 2 aromatic carbocycles. The Morgan fingerprint density at radius 2 is 1.77 bits per heavy atom. The van der Waals surface area contributed by atoms with Crippen LogP contribution in [0.25, 0.3) is 0 Å². The van der Waals surface area contributed by atoms with E-state index in [1.54, 1.807) is 26.4 Å². The SMILES string of the molecule is COc1ccc(C2NCC(O)c3cc(O)ccc32)cc1OC. The third kappa shape index (κ3) is 2.49. The molecule has 1 aliphatic heterocycles. The molecule has 1 aliphatic rings. The van der Waals surface area contributed by atoms with Crippen LogP contribution in [0.1, 0.15) is 28.8 Å². The highest BCUT2D eigenvalue weighted by atomic mass is 16.5. The molecule has 3 rings (SSSR count). The predicted octanol–water partition coefficient (Wildman–Crippen LogP) is 2.14. The van der Waals surface area contributed by atoms with Crippen LogP contribution < -0.4 is 14.8 Å². The first-order valence-corrected chi connectivity index (χ1v) is 7.10. The summed E-state index contributed by atoms with van der Waals surface area (Å²) in [7, 11) is 3.20. The van der Waals surface area contributed by atoms with Crippen molar-refractivity contribution in [1.82, 2.24) is 5.32 Å². The first kappa shape index (κ1) is 14.7. The quantitative estimate of drug-likeness (QED) is 0.810. The molecule has 2 unspecified atom stereocenters. The standard InChI is InChI=1S/C17H19NO4/c1-21-15-6-3-10(7-16(15)22-2)17-12-5-4-11(19)8-13(12)14(20)9-18-17/h3-8,14,17-20H,9H2,1-2H3. The lowest BCUT2D eigenvalue weighted by atomic mass is 9.88. The zero-order chi connectivity index (χ0) is 15.7. The molecule has 0 fully saturated rings. The zero-order valence-electron chi connectivity index (χ0n) is 12.5. The number of ether oxygens (including phenoxy) is 2. The largest absolute Gasteiger partial charge is 0.508 e. The Morgan fingerprint density at radius 1 is 1.00 bits per heavy atom. The highest BCUT2D eigenvalue weighted by Gasteiger charge is 2.27. The van der Waals surface area contributed by atoms with Gasteiger partial charge >= 0.3 is 0 Å². The smallest absolute Gasteiger partial charge is 0.161 e. The van der Waals surface area contributed by atoms with Crippen molar-refractivity contribution in [2.24, 2.45) is 0 Å². The summed E-state index contributed by atoms with van der Waals surface area (Å²) < 4.78 is 10.6. The normalized spacial score (nSPS) is 20.3. The molecule has 0 bridgehead atoms. The first-order valence-electron chi connectivity index (χ1n) is 7.10. The minimum atomic E-state index is -0.626. The average molecular weight is 301 g/mol. The van der Waals surface area contributed by atoms with Gasteiger partial charge in [0.1, 0.15) is 5.75 Å². The first-order chi connectivity index (χ1) is 10.6. The number of rotatable bonds is 3. The van der Waals surface area contributed by atoms with E-state index >= 15 is 0 Å². The number of hydrogen-bond acceptors (Lipinski definition) is 5. The molecule has 0 spiro atoms. The predicted molar refractivity (Wildman–Crippen MR) is 82.5 cm³/mol. The van der Waals surface area contributed by atoms with Crippen LogP contribution in [0, 0.1) is 0 Å². The van der Waals surface area contributed by atoms with E-state index in [0.717, 1.165) is 16.7 Å². The maximum absolute atomic E-state index is 10.1. The molecule has 116 valence electrons. The van der Waals surface area contributed by atoms with Crippen molar-refractivity contribution in [3.05, 3.63) is 53.1 Å². The molecule has 22 heavy (non-hydrogen) atoms. The second-order valence-electron chi connectivity index (χ2n) is 5.28. The van der Waals surface area contributed by atoms with Gasteiger partial charge in [-0.05, 0) is 41.0 Å². The fourth-order valence-electron chi connectivity index (χ4n) is 2.89. The topological polar surface area (TPSA) is 71.0 Å². The van der Waals surface area contributed by atoms with Gasteiger partial charge in [0, 0.05) is 6.54 Å². The van der Waals surface area contributed by atoms with E-state index in [4.69, 9.17) is 9.47 Å². The molecule has 5 nitrogen and oxygen atoms in total. The fraction of sp³-hybridized carbons (Fsp3) is 0.294. The molecule has 2 aromatic rings. The van der Waals surface area contributed by atoms with Gasteiger partial charge in [-0.25, -0.2) is 0 Å². The van der Waals surface area contributed by atoms with Crippen molar-refractivity contribution in [2.45, 2.75) is 12.1 Å². The van der Waals surface area contributed by atoms with Crippen molar-refractivity contribution >= 4 is 0 Å². The lowest BCUT2D eigenvalue weighted by Crippen LogP contribution is -2.33. The average Bonchev–Trinajstić information content (AvgIpc) is 2.55. The third-order valence-corrected chi connectivity index (χ3v) is 4.00. The van der Waals surface area contributed by atoms with Gasteiger partial charge in [-0.1, -0.05) is 12.1 Å². The Bertz CT molecular complexity index is 686. The molecule has 0 radical (unpaired) electrons. The van der Waals surface area contributed by atoms with Crippen molar-refractivity contribution in [2.75, 3.05) is 20.8 Å². The number of aliphatic hydroxyl groups is 1. The third-order valence-electron chi connectivity index (χ3n) is 4.00. The number of fused-ring (bicyclic) bond motifs is 1. The number of methoxy groups -OCH3 is 2. The van der Waals surface area contributed by atoms with Gasteiger partial charge in [0.05, 0.1) is 26.4 Å². The Hall–Kier alpha value is -2.24. The minimum absolute atomic E-state index is 0.0705. The number of aliphatic hydroxyl groups excluding tert-OH is 1. The number of nitrogens with one attached hydrogen (secondary N) is 1. The van der Waals surface area contributed by atoms with E-state index in [9.17, 15) is 10.2 Å². The molecule has 0 saturated heterocycles. The molecule has 0 aromatic heterocycles. The lowest BCUT2D eigenvalue weighted by molar-refractivity contribution is 0.160. The summed E-state index contributed by atoms with van der Waals surface area (Å²) in [6, 6.07) is 10.8. The van der Waals surface area contributed by atoms with Crippen molar-refractivity contribution in [3.8, 4) is 17.2 Å². The summed E-state index contributed by atoms with van der Waals surface area (Å²) in [5, 5.41) is 23.1. The monoisotopic (exact) mass is 301 g/mol. The molecule has 2 atom stereocenters. The molecule has 0 amide bonds. The highest BCUT2D eigenvalue weighted by molar-refractivity contribution is 5.49. The number of aromatic hydroxyl groups is 1. The van der Waals surface area contributed by atoms with Gasteiger partial charge in [0.15, 0.2) is 11.5 Å². The second kappa shape index (κ2) is 5.87. The molecule has 1 heterocycles. The van der Waals surface area contributed by atoms with Crippen LogP contribution in [-0.2, 0) is 0 Å². The van der Waals surface area contributed by atoms with Crippen LogP contribution in [0.15, 0.2) is 36.4 Å². The van der Waals surface area contributed by atoms with E-state index < -0.39 is 6.10 Å². The fourth-order valence-corrected chi connectivity index (χ4v) is 2.89. The summed E-state index contributed by atoms with van der Waals surface area (Å²) in [6.45, 7) is 0.426. The van der Waals surface area contributed by atoms with Crippen LogP contribution >= 0.6 is 0 Å².